The fourth-order valence-corrected chi connectivity index (χ4v) is 4.27. The van der Waals surface area contributed by atoms with Crippen molar-refractivity contribution in [2.45, 2.75) is 31.2 Å². The number of nitrogens with one attached hydrogen (secondary N) is 1. The largest absolute Gasteiger partial charge is 0.469 e. The number of fused-ring (bicyclic) bond motifs is 1. The van der Waals surface area contributed by atoms with Crippen molar-refractivity contribution in [3.8, 4) is 0 Å². The van der Waals surface area contributed by atoms with Gasteiger partial charge in [0.15, 0.2) is 0 Å². The SMILES string of the molecule is COC(=O)[C@H]1C[C@@H]1c1cnc(N[C@@H]2CCc3c(I)ccc(F)c32)cn1. The van der Waals surface area contributed by atoms with Crippen molar-refractivity contribution in [2.75, 3.05) is 12.4 Å². The van der Waals surface area contributed by atoms with Crippen LogP contribution in [0.4, 0.5) is 10.2 Å². The Bertz CT molecular complexity index is 828. The summed E-state index contributed by atoms with van der Waals surface area (Å²) in [5.74, 6) is 0.252. The van der Waals surface area contributed by atoms with Gasteiger partial charge in [0.2, 0.25) is 0 Å². The molecule has 0 radical (unpaired) electrons. The molecule has 0 bridgehead atoms. The normalized spacial score (nSPS) is 23.9. The third-order valence-corrected chi connectivity index (χ3v) is 5.96. The maximum Gasteiger partial charge on any atom is 0.309 e. The number of carbonyl (C=O) groups excluding carboxylic acids is 1. The topological polar surface area (TPSA) is 64.1 Å². The highest BCUT2D eigenvalue weighted by molar-refractivity contribution is 14.1. The molecule has 0 spiro atoms. The van der Waals surface area contributed by atoms with Gasteiger partial charge < -0.3 is 10.1 Å². The average molecular weight is 453 g/mol. The molecule has 3 atom stereocenters. The number of hydrogen-bond donors (Lipinski definition) is 1. The molecule has 130 valence electrons. The summed E-state index contributed by atoms with van der Waals surface area (Å²) in [5, 5.41) is 3.29. The zero-order valence-electron chi connectivity index (χ0n) is 13.6. The average Bonchev–Trinajstić information content (AvgIpc) is 3.31. The summed E-state index contributed by atoms with van der Waals surface area (Å²) < 4.78 is 20.1. The predicted octanol–water partition coefficient (Wildman–Crippen LogP) is 3.60. The minimum atomic E-state index is -0.193. The zero-order chi connectivity index (χ0) is 17.6. The Morgan fingerprint density at radius 2 is 2.20 bits per heavy atom. The van der Waals surface area contributed by atoms with Gasteiger partial charge in [0.1, 0.15) is 11.6 Å². The van der Waals surface area contributed by atoms with Gasteiger partial charge >= 0.3 is 5.97 Å². The van der Waals surface area contributed by atoms with Gasteiger partial charge in [-0.05, 0) is 59.5 Å². The summed E-state index contributed by atoms with van der Waals surface area (Å²) in [6, 6.07) is 3.25. The summed E-state index contributed by atoms with van der Waals surface area (Å²) in [4.78, 5) is 20.3. The third kappa shape index (κ3) is 3.09. The number of hydrogen-bond acceptors (Lipinski definition) is 5. The van der Waals surface area contributed by atoms with Crippen LogP contribution < -0.4 is 5.32 Å². The van der Waals surface area contributed by atoms with E-state index in [0.717, 1.165) is 39.7 Å². The second kappa shape index (κ2) is 6.51. The van der Waals surface area contributed by atoms with Gasteiger partial charge in [-0.15, -0.1) is 0 Å². The molecule has 25 heavy (non-hydrogen) atoms. The first-order valence-corrected chi connectivity index (χ1v) is 9.29. The van der Waals surface area contributed by atoms with Crippen LogP contribution in [0.25, 0.3) is 0 Å². The van der Waals surface area contributed by atoms with Crippen LogP contribution in [0.3, 0.4) is 0 Å². The van der Waals surface area contributed by atoms with E-state index in [1.807, 2.05) is 6.07 Å². The molecule has 0 aliphatic heterocycles. The number of nitrogens with zero attached hydrogens (tertiary/aromatic N) is 2. The summed E-state index contributed by atoms with van der Waals surface area (Å²) in [6.45, 7) is 0. The number of ether oxygens (including phenoxy) is 1. The standard InChI is InChI=1S/C18H17FIN3O2/c1-25-18(24)11-6-10(11)15-7-22-16(8-21-15)23-14-5-2-9-13(20)4-3-12(19)17(9)14/h3-4,7-8,10-11,14H,2,5-6H2,1H3,(H,22,23)/t10-,11-,14+/m0/s1. The first kappa shape index (κ1) is 16.7. The number of halogens is 2. The van der Waals surface area contributed by atoms with Crippen molar-refractivity contribution < 1.29 is 13.9 Å². The molecule has 2 aliphatic carbocycles. The molecule has 1 heterocycles. The predicted molar refractivity (Wildman–Crippen MR) is 98.7 cm³/mol. The Labute approximate surface area is 158 Å². The van der Waals surface area contributed by atoms with Crippen LogP contribution in [0.2, 0.25) is 0 Å². The highest BCUT2D eigenvalue weighted by atomic mass is 127. The van der Waals surface area contributed by atoms with Crippen molar-refractivity contribution in [1.29, 1.82) is 0 Å². The van der Waals surface area contributed by atoms with Gasteiger partial charge in [0, 0.05) is 15.1 Å². The van der Waals surface area contributed by atoms with Crippen LogP contribution in [-0.4, -0.2) is 23.0 Å². The number of rotatable bonds is 4. The Morgan fingerprint density at radius 1 is 1.36 bits per heavy atom. The molecule has 2 aliphatic rings. The van der Waals surface area contributed by atoms with Crippen molar-refractivity contribution in [2.24, 2.45) is 5.92 Å². The minimum absolute atomic E-state index is 0.0893. The third-order valence-electron chi connectivity index (χ3n) is 4.95. The highest BCUT2D eigenvalue weighted by Crippen LogP contribution is 2.47. The van der Waals surface area contributed by atoms with E-state index >= 15 is 0 Å². The van der Waals surface area contributed by atoms with Crippen LogP contribution in [0.1, 0.15) is 41.6 Å². The van der Waals surface area contributed by atoms with Gasteiger partial charge in [-0.25, -0.2) is 9.37 Å². The molecule has 5 nitrogen and oxygen atoms in total. The number of esters is 1. The molecule has 4 rings (SSSR count). The van der Waals surface area contributed by atoms with E-state index in [1.54, 1.807) is 12.4 Å². The fraction of sp³-hybridized carbons (Fsp3) is 0.389. The lowest BCUT2D eigenvalue weighted by molar-refractivity contribution is -0.142. The Kier molecular flexibility index (Phi) is 4.35. The first-order valence-electron chi connectivity index (χ1n) is 8.21. The van der Waals surface area contributed by atoms with Crippen LogP contribution in [0, 0.1) is 15.3 Å². The second-order valence-corrected chi connectivity index (χ2v) is 7.62. The van der Waals surface area contributed by atoms with Gasteiger partial charge in [0.05, 0.1) is 37.2 Å². The van der Waals surface area contributed by atoms with Gasteiger partial charge in [-0.1, -0.05) is 0 Å². The van der Waals surface area contributed by atoms with E-state index < -0.39 is 0 Å². The van der Waals surface area contributed by atoms with E-state index in [1.165, 1.54) is 13.2 Å². The quantitative estimate of drug-likeness (QED) is 0.567. The molecule has 0 saturated heterocycles. The van der Waals surface area contributed by atoms with E-state index in [0.29, 0.717) is 5.82 Å². The van der Waals surface area contributed by atoms with Crippen LogP contribution in [0.5, 0.6) is 0 Å². The Balaban J connectivity index is 1.47. The van der Waals surface area contributed by atoms with Gasteiger partial charge in [-0.3, -0.25) is 9.78 Å². The monoisotopic (exact) mass is 453 g/mol. The molecule has 1 aromatic heterocycles. The molecule has 1 saturated carbocycles. The molecule has 2 aromatic rings. The molecule has 7 heteroatoms. The van der Waals surface area contributed by atoms with Gasteiger partial charge in [-0.2, -0.15) is 0 Å². The molecular formula is C18H17FIN3O2. The molecule has 0 unspecified atom stereocenters. The van der Waals surface area contributed by atoms with E-state index in [2.05, 4.69) is 37.9 Å². The summed E-state index contributed by atoms with van der Waals surface area (Å²) >= 11 is 2.25. The summed E-state index contributed by atoms with van der Waals surface area (Å²) in [6.07, 6.45) is 5.80. The minimum Gasteiger partial charge on any atom is -0.469 e. The highest BCUT2D eigenvalue weighted by Gasteiger charge is 2.46. The summed E-state index contributed by atoms with van der Waals surface area (Å²) in [7, 11) is 1.40. The zero-order valence-corrected chi connectivity index (χ0v) is 15.8. The van der Waals surface area contributed by atoms with Crippen LogP contribution in [0.15, 0.2) is 24.5 Å². The maximum absolute atomic E-state index is 14.2. The number of methoxy groups -OCH3 is 1. The van der Waals surface area contributed by atoms with Gasteiger partial charge in [0.25, 0.3) is 0 Å². The number of anilines is 1. The number of carbonyl (C=O) groups is 1. The van der Waals surface area contributed by atoms with E-state index in [9.17, 15) is 9.18 Å². The van der Waals surface area contributed by atoms with Crippen LogP contribution >= 0.6 is 22.6 Å². The maximum atomic E-state index is 14.2. The van der Waals surface area contributed by atoms with Crippen molar-refractivity contribution in [3.63, 3.8) is 0 Å². The lowest BCUT2D eigenvalue weighted by Crippen LogP contribution is -2.11. The molecule has 0 amide bonds. The fourth-order valence-electron chi connectivity index (χ4n) is 3.53. The van der Waals surface area contributed by atoms with Crippen molar-refractivity contribution in [3.05, 3.63) is 50.7 Å². The lowest BCUT2D eigenvalue weighted by atomic mass is 10.1. The number of benzene rings is 1. The molecule has 1 fully saturated rings. The second-order valence-electron chi connectivity index (χ2n) is 6.46. The lowest BCUT2D eigenvalue weighted by Gasteiger charge is -2.15. The van der Waals surface area contributed by atoms with E-state index in [4.69, 9.17) is 4.74 Å². The van der Waals surface area contributed by atoms with Crippen molar-refractivity contribution in [1.82, 2.24) is 9.97 Å². The van der Waals surface area contributed by atoms with E-state index in [-0.39, 0.29) is 29.7 Å². The Morgan fingerprint density at radius 3 is 2.92 bits per heavy atom. The molecule has 1 aromatic carbocycles. The first-order chi connectivity index (χ1) is 12.1. The summed E-state index contributed by atoms with van der Waals surface area (Å²) in [5.41, 5.74) is 2.63. The van der Waals surface area contributed by atoms with Crippen molar-refractivity contribution >= 4 is 34.4 Å². The van der Waals surface area contributed by atoms with Crippen LogP contribution in [-0.2, 0) is 16.0 Å². The molecule has 1 N–H and O–H groups in total. The Hall–Kier alpha value is -1.77. The number of aromatic nitrogens is 2. The smallest absolute Gasteiger partial charge is 0.309 e. The molecular weight excluding hydrogens is 436 g/mol.